The third kappa shape index (κ3) is 4.79. The summed E-state index contributed by atoms with van der Waals surface area (Å²) in [5, 5.41) is 9.26. The van der Waals surface area contributed by atoms with Crippen molar-refractivity contribution in [2.75, 3.05) is 6.26 Å². The normalized spacial score (nSPS) is 13.8. The standard InChI is InChI=1S/C18H21NO5S/c1-18(17(20)21,25(2,22)23)11-10-14-6-8-16(9-7-14)24-13-15-5-3-4-12-19-15/h3-9,12H,10-11,13H2,1-2H3,(H,20,21). The van der Waals surface area contributed by atoms with Gasteiger partial charge in [0, 0.05) is 12.5 Å². The number of carbonyl (C=O) groups is 1. The monoisotopic (exact) mass is 363 g/mol. The molecule has 2 aromatic rings. The summed E-state index contributed by atoms with van der Waals surface area (Å²) in [5.41, 5.74) is 1.67. The Bertz CT molecular complexity index is 818. The summed E-state index contributed by atoms with van der Waals surface area (Å²) in [6.07, 6.45) is 3.00. The van der Waals surface area contributed by atoms with Crippen LogP contribution in [0.2, 0.25) is 0 Å². The Kier molecular flexibility index (Phi) is 5.79. The van der Waals surface area contributed by atoms with Gasteiger partial charge in [-0.2, -0.15) is 0 Å². The Morgan fingerprint density at radius 1 is 1.20 bits per heavy atom. The molecule has 1 atom stereocenters. The van der Waals surface area contributed by atoms with E-state index in [4.69, 9.17) is 4.74 Å². The van der Waals surface area contributed by atoms with Crippen molar-refractivity contribution in [3.05, 3.63) is 59.9 Å². The fourth-order valence-electron chi connectivity index (χ4n) is 2.23. The van der Waals surface area contributed by atoms with Gasteiger partial charge in [-0.05, 0) is 49.6 Å². The lowest BCUT2D eigenvalue weighted by Gasteiger charge is -2.22. The second-order valence-electron chi connectivity index (χ2n) is 6.06. The van der Waals surface area contributed by atoms with E-state index in [9.17, 15) is 18.3 Å². The minimum Gasteiger partial charge on any atom is -0.487 e. The second kappa shape index (κ2) is 7.65. The number of hydrogen-bond acceptors (Lipinski definition) is 5. The molecule has 0 aliphatic heterocycles. The SMILES string of the molecule is CC(CCc1ccc(OCc2ccccn2)cc1)(C(=O)O)S(C)(=O)=O. The molecule has 134 valence electrons. The van der Waals surface area contributed by atoms with Crippen LogP contribution in [0.1, 0.15) is 24.6 Å². The largest absolute Gasteiger partial charge is 0.487 e. The van der Waals surface area contributed by atoms with Gasteiger partial charge in [0.15, 0.2) is 14.6 Å². The zero-order valence-electron chi connectivity index (χ0n) is 14.2. The number of hydrogen-bond donors (Lipinski definition) is 1. The molecule has 25 heavy (non-hydrogen) atoms. The van der Waals surface area contributed by atoms with E-state index < -0.39 is 20.6 Å². The lowest BCUT2D eigenvalue weighted by molar-refractivity contribution is -0.139. The Balaban J connectivity index is 1.97. The number of sulfone groups is 1. The number of pyridine rings is 1. The maximum Gasteiger partial charge on any atom is 0.324 e. The van der Waals surface area contributed by atoms with Gasteiger partial charge in [-0.1, -0.05) is 18.2 Å². The van der Waals surface area contributed by atoms with Crippen LogP contribution < -0.4 is 4.74 Å². The third-order valence-corrected chi connectivity index (χ3v) is 6.21. The molecule has 1 unspecified atom stereocenters. The van der Waals surface area contributed by atoms with Crippen molar-refractivity contribution >= 4 is 15.8 Å². The molecule has 1 N–H and O–H groups in total. The van der Waals surface area contributed by atoms with Crippen LogP contribution in [0, 0.1) is 0 Å². The van der Waals surface area contributed by atoms with Crippen molar-refractivity contribution < 1.29 is 23.1 Å². The highest BCUT2D eigenvalue weighted by molar-refractivity contribution is 7.92. The fourth-order valence-corrected chi connectivity index (χ4v) is 3.02. The van der Waals surface area contributed by atoms with Gasteiger partial charge < -0.3 is 9.84 Å². The van der Waals surface area contributed by atoms with Crippen LogP contribution >= 0.6 is 0 Å². The van der Waals surface area contributed by atoms with Crippen molar-refractivity contribution in [2.45, 2.75) is 31.1 Å². The number of aliphatic carboxylic acids is 1. The number of aryl methyl sites for hydroxylation is 1. The van der Waals surface area contributed by atoms with Gasteiger partial charge in [-0.25, -0.2) is 8.42 Å². The molecule has 2 rings (SSSR count). The molecule has 1 heterocycles. The summed E-state index contributed by atoms with van der Waals surface area (Å²) in [7, 11) is -3.71. The van der Waals surface area contributed by atoms with Gasteiger partial charge in [-0.3, -0.25) is 9.78 Å². The molecule has 6 nitrogen and oxygen atoms in total. The second-order valence-corrected chi connectivity index (χ2v) is 8.51. The molecule has 0 saturated carbocycles. The zero-order chi connectivity index (χ0) is 18.5. The highest BCUT2D eigenvalue weighted by Gasteiger charge is 2.43. The van der Waals surface area contributed by atoms with Gasteiger partial charge in [-0.15, -0.1) is 0 Å². The van der Waals surface area contributed by atoms with Gasteiger partial charge in [0.05, 0.1) is 5.69 Å². The van der Waals surface area contributed by atoms with Crippen LogP contribution in [-0.4, -0.2) is 35.5 Å². The number of rotatable bonds is 8. The van der Waals surface area contributed by atoms with Gasteiger partial charge >= 0.3 is 5.97 Å². The van der Waals surface area contributed by atoms with E-state index in [1.165, 1.54) is 6.92 Å². The molecule has 7 heteroatoms. The van der Waals surface area contributed by atoms with Crippen LogP contribution in [-0.2, 0) is 27.7 Å². The number of aromatic nitrogens is 1. The molecule has 0 spiro atoms. The lowest BCUT2D eigenvalue weighted by Crippen LogP contribution is -2.43. The molecule has 0 bridgehead atoms. The van der Waals surface area contributed by atoms with E-state index in [1.807, 2.05) is 18.2 Å². The van der Waals surface area contributed by atoms with Crippen LogP contribution in [0.5, 0.6) is 5.75 Å². The molecular weight excluding hydrogens is 342 g/mol. The minimum atomic E-state index is -3.71. The first-order chi connectivity index (χ1) is 11.7. The fraction of sp³-hybridized carbons (Fsp3) is 0.333. The van der Waals surface area contributed by atoms with Crippen LogP contribution in [0.4, 0.5) is 0 Å². The topological polar surface area (TPSA) is 93.6 Å². The van der Waals surface area contributed by atoms with E-state index >= 15 is 0 Å². The van der Waals surface area contributed by atoms with E-state index in [0.29, 0.717) is 18.8 Å². The van der Waals surface area contributed by atoms with Crippen LogP contribution in [0.3, 0.4) is 0 Å². The first kappa shape index (κ1) is 18.9. The number of carboxylic acids is 1. The van der Waals surface area contributed by atoms with E-state index in [-0.39, 0.29) is 6.42 Å². The Morgan fingerprint density at radius 2 is 1.88 bits per heavy atom. The molecule has 1 aromatic carbocycles. The number of ether oxygens (including phenoxy) is 1. The van der Waals surface area contributed by atoms with E-state index in [0.717, 1.165) is 17.5 Å². The minimum absolute atomic E-state index is 0.00923. The number of carboxylic acid groups (broad SMARTS) is 1. The molecule has 0 saturated heterocycles. The predicted octanol–water partition coefficient (Wildman–Crippen LogP) is 2.48. The van der Waals surface area contributed by atoms with Gasteiger partial charge in [0.1, 0.15) is 12.4 Å². The van der Waals surface area contributed by atoms with Crippen molar-refractivity contribution in [3.8, 4) is 5.75 Å². The molecule has 0 fully saturated rings. The average Bonchev–Trinajstić information content (AvgIpc) is 2.58. The summed E-state index contributed by atoms with van der Waals surface area (Å²) in [6.45, 7) is 1.60. The van der Waals surface area contributed by atoms with E-state index in [1.54, 1.807) is 30.5 Å². The van der Waals surface area contributed by atoms with Crippen molar-refractivity contribution in [1.82, 2.24) is 4.98 Å². The molecule has 0 radical (unpaired) electrons. The summed E-state index contributed by atoms with van der Waals surface area (Å²) in [5.74, 6) is -0.663. The Hall–Kier alpha value is -2.41. The average molecular weight is 363 g/mol. The van der Waals surface area contributed by atoms with E-state index in [2.05, 4.69) is 4.98 Å². The zero-order valence-corrected chi connectivity index (χ0v) is 15.0. The summed E-state index contributed by atoms with van der Waals surface area (Å²) >= 11 is 0. The summed E-state index contributed by atoms with van der Waals surface area (Å²) in [6, 6.07) is 12.7. The molecule has 0 aliphatic carbocycles. The first-order valence-electron chi connectivity index (χ1n) is 7.77. The number of nitrogens with zero attached hydrogens (tertiary/aromatic N) is 1. The van der Waals surface area contributed by atoms with Gasteiger partial charge in [0.2, 0.25) is 0 Å². The maximum absolute atomic E-state index is 11.8. The van der Waals surface area contributed by atoms with Crippen molar-refractivity contribution in [2.24, 2.45) is 0 Å². The maximum atomic E-state index is 11.8. The van der Waals surface area contributed by atoms with Crippen LogP contribution in [0.15, 0.2) is 48.7 Å². The highest BCUT2D eigenvalue weighted by Crippen LogP contribution is 2.24. The lowest BCUT2D eigenvalue weighted by atomic mass is 10.0. The third-order valence-electron chi connectivity index (χ3n) is 4.20. The smallest absolute Gasteiger partial charge is 0.324 e. The first-order valence-corrected chi connectivity index (χ1v) is 9.66. The summed E-state index contributed by atoms with van der Waals surface area (Å²) in [4.78, 5) is 15.5. The molecule has 0 amide bonds. The highest BCUT2D eigenvalue weighted by atomic mass is 32.2. The molecule has 0 aliphatic rings. The van der Waals surface area contributed by atoms with Crippen molar-refractivity contribution in [3.63, 3.8) is 0 Å². The Morgan fingerprint density at radius 3 is 2.40 bits per heavy atom. The quantitative estimate of drug-likeness (QED) is 0.774. The van der Waals surface area contributed by atoms with Crippen LogP contribution in [0.25, 0.3) is 0 Å². The number of benzene rings is 1. The molecule has 1 aromatic heterocycles. The Labute approximate surface area is 147 Å². The summed E-state index contributed by atoms with van der Waals surface area (Å²) < 4.78 is 27.4. The van der Waals surface area contributed by atoms with Gasteiger partial charge in [0.25, 0.3) is 0 Å². The molecular formula is C18H21NO5S. The predicted molar refractivity (Wildman–Crippen MR) is 94.2 cm³/mol. The van der Waals surface area contributed by atoms with Crippen molar-refractivity contribution in [1.29, 1.82) is 0 Å².